The van der Waals surface area contributed by atoms with Crippen LogP contribution in [-0.4, -0.2) is 111 Å². The number of carbonyl (C=O) groups excluding carboxylic acids is 3. The van der Waals surface area contributed by atoms with Gasteiger partial charge in [-0.25, -0.2) is 4.98 Å². The first kappa shape index (κ1) is 52.4. The van der Waals surface area contributed by atoms with E-state index in [9.17, 15) is 24.9 Å². The van der Waals surface area contributed by atoms with Crippen molar-refractivity contribution in [2.75, 3.05) is 66.4 Å². The molecule has 2 fully saturated rings. The monoisotopic (exact) mass is 983 g/mol. The fourth-order valence-corrected chi connectivity index (χ4v) is 10.3. The molecule has 5 aromatic rings. The minimum atomic E-state index is -0.581. The van der Waals surface area contributed by atoms with Gasteiger partial charge in [0.25, 0.3) is 0 Å². The second kappa shape index (κ2) is 26.2. The first-order chi connectivity index (χ1) is 34.6. The van der Waals surface area contributed by atoms with Crippen molar-refractivity contribution in [3.63, 3.8) is 0 Å². The molecule has 3 atom stereocenters. The first-order valence-corrected chi connectivity index (χ1v) is 25.5. The van der Waals surface area contributed by atoms with Crippen LogP contribution >= 0.6 is 11.3 Å². The predicted molar refractivity (Wildman–Crippen MR) is 270 cm³/mol. The van der Waals surface area contributed by atoms with Gasteiger partial charge in [0.1, 0.15) is 47.5 Å². The predicted octanol–water partition coefficient (Wildman–Crippen LogP) is 8.10. The molecule has 16 heteroatoms. The Morgan fingerprint density at radius 1 is 0.789 bits per heavy atom. The van der Waals surface area contributed by atoms with E-state index in [1.165, 1.54) is 11.3 Å². The van der Waals surface area contributed by atoms with E-state index < -0.39 is 12.1 Å². The molecule has 2 N–H and O–H groups in total. The van der Waals surface area contributed by atoms with Gasteiger partial charge in [0.15, 0.2) is 0 Å². The molecule has 374 valence electrons. The summed E-state index contributed by atoms with van der Waals surface area (Å²) in [7, 11) is 1.74. The normalized spacial score (nSPS) is 15.7. The summed E-state index contributed by atoms with van der Waals surface area (Å²) in [6.45, 7) is 10.1. The van der Waals surface area contributed by atoms with Gasteiger partial charge in [-0.05, 0) is 107 Å². The van der Waals surface area contributed by atoms with Crippen molar-refractivity contribution in [1.82, 2.24) is 25.1 Å². The third kappa shape index (κ3) is 13.7. The number of nitrogens with one attached hydrogen (secondary N) is 2. The van der Waals surface area contributed by atoms with E-state index in [4.69, 9.17) is 28.7 Å². The number of carbonyl (C=O) groups is 3. The number of benzene rings is 3. The topological polar surface area (TPSA) is 190 Å². The van der Waals surface area contributed by atoms with E-state index in [1.54, 1.807) is 55.7 Å². The maximum absolute atomic E-state index is 14.2. The molecule has 1 saturated heterocycles. The molecule has 71 heavy (non-hydrogen) atoms. The lowest BCUT2D eigenvalue weighted by molar-refractivity contribution is -0.139. The molecule has 0 bridgehead atoms. The molecule has 2 aliphatic rings. The molecule has 3 heterocycles. The molecule has 0 spiro atoms. The zero-order valence-corrected chi connectivity index (χ0v) is 42.1. The zero-order chi connectivity index (χ0) is 50.1. The maximum Gasteiger partial charge on any atom is 0.246 e. The number of likely N-dealkylation sites (N-methyl/N-ethyl adjacent to an activating group) is 1. The molecule has 1 saturated carbocycles. The van der Waals surface area contributed by atoms with Crippen LogP contribution in [0.3, 0.4) is 0 Å². The van der Waals surface area contributed by atoms with Gasteiger partial charge in [0, 0.05) is 41.0 Å². The molecule has 2 aromatic heterocycles. The number of thiazole rings is 1. The van der Waals surface area contributed by atoms with Gasteiger partial charge in [-0.3, -0.25) is 14.4 Å². The van der Waals surface area contributed by atoms with Crippen molar-refractivity contribution in [3.05, 3.63) is 123 Å². The van der Waals surface area contributed by atoms with Crippen LogP contribution in [0.25, 0.3) is 11.1 Å². The number of likely N-dealkylation sites (tertiary alicyclic amines) is 1. The maximum atomic E-state index is 14.2. The van der Waals surface area contributed by atoms with Gasteiger partial charge in [-0.15, -0.1) is 11.3 Å². The Balaban J connectivity index is 0.760. The molecule has 7 rings (SSSR count). The van der Waals surface area contributed by atoms with Crippen LogP contribution in [0.4, 0.5) is 0 Å². The van der Waals surface area contributed by atoms with Crippen LogP contribution in [-0.2, 0) is 30.3 Å². The average molecular weight is 984 g/mol. The summed E-state index contributed by atoms with van der Waals surface area (Å²) in [6, 6.07) is 25.5. The summed E-state index contributed by atoms with van der Waals surface area (Å²) in [4.78, 5) is 47.4. The van der Waals surface area contributed by atoms with E-state index >= 15 is 0 Å². The minimum absolute atomic E-state index is 0.0595. The molecule has 2 amide bonds. The highest BCUT2D eigenvalue weighted by Crippen LogP contribution is 2.37. The molecule has 1 aliphatic carbocycles. The van der Waals surface area contributed by atoms with Gasteiger partial charge in [-0.2, -0.15) is 10.5 Å². The second-order valence-corrected chi connectivity index (χ2v) is 18.9. The standard InChI is InChI=1S/C55H65N7O8S/c1-37(58-4)53(64)60-51(43-10-6-5-7-11-43)55(65)61-23-9-14-49(61)54-59-48(36-71-54)52(63)44-12-8-13-46(32-44)70-31-29-68-27-25-66-24-26-67-28-30-69-45-21-17-41(18-22-45)35-62-38(2)47(34-57)50(39(62)3)42-19-15-40(33-56)16-20-42/h8,12-13,15-22,32,36-37,43,49,51,58H,5-7,9-11,14,23-31,35H2,1-4H3,(H,60,64)/t37-,49-,51-/m0/s1. The van der Waals surface area contributed by atoms with Crippen molar-refractivity contribution in [2.45, 2.75) is 90.4 Å². The van der Waals surface area contributed by atoms with Gasteiger partial charge in [0.2, 0.25) is 17.6 Å². The molecule has 0 radical (unpaired) electrons. The largest absolute Gasteiger partial charge is 0.491 e. The van der Waals surface area contributed by atoms with Gasteiger partial charge >= 0.3 is 0 Å². The fraction of sp³-hybridized carbons (Fsp3) is 0.455. The lowest BCUT2D eigenvalue weighted by atomic mass is 9.83. The summed E-state index contributed by atoms with van der Waals surface area (Å²) in [5.74, 6) is 0.927. The Bertz CT molecular complexity index is 2650. The Kier molecular flexibility index (Phi) is 19.3. The smallest absolute Gasteiger partial charge is 0.246 e. The molecule has 3 aromatic carbocycles. The summed E-state index contributed by atoms with van der Waals surface area (Å²) < 4.78 is 30.9. The number of amides is 2. The van der Waals surface area contributed by atoms with Crippen LogP contribution in [0, 0.1) is 42.4 Å². The van der Waals surface area contributed by atoms with E-state index in [2.05, 4.69) is 27.3 Å². The number of ether oxygens (including phenoxy) is 5. The van der Waals surface area contributed by atoms with Crippen LogP contribution in [0.5, 0.6) is 11.5 Å². The van der Waals surface area contributed by atoms with E-state index in [0.29, 0.717) is 94.1 Å². The Morgan fingerprint density at radius 3 is 2.10 bits per heavy atom. The van der Waals surface area contributed by atoms with Crippen molar-refractivity contribution in [3.8, 4) is 34.8 Å². The molecule has 1 aliphatic heterocycles. The molecule has 0 unspecified atom stereocenters. The highest BCUT2D eigenvalue weighted by atomic mass is 32.1. The number of rotatable bonds is 25. The number of aromatic nitrogens is 2. The molecule has 15 nitrogen and oxygen atoms in total. The first-order valence-electron chi connectivity index (χ1n) is 24.7. The van der Waals surface area contributed by atoms with Gasteiger partial charge < -0.3 is 43.8 Å². The lowest BCUT2D eigenvalue weighted by Gasteiger charge is -2.35. The summed E-state index contributed by atoms with van der Waals surface area (Å²) >= 11 is 1.39. The van der Waals surface area contributed by atoms with Crippen molar-refractivity contribution < 1.29 is 38.1 Å². The average Bonchev–Trinajstić information content (AvgIpc) is 4.16. The fourth-order valence-electron chi connectivity index (χ4n) is 9.32. The number of nitriles is 2. The SMILES string of the molecule is CN[C@@H](C)C(=O)N[C@H](C(=O)N1CCC[C@H]1c1nc(C(=O)c2cccc(OCCOCCOCCOCCOc3ccc(Cn4c(C)c(C#N)c(-c5ccc(C#N)cc5)c4C)cc3)c2)cs1)C1CCCCC1. The number of hydrogen-bond acceptors (Lipinski definition) is 13. The quantitative estimate of drug-likeness (QED) is 0.0423. The van der Waals surface area contributed by atoms with Crippen molar-refractivity contribution in [1.29, 1.82) is 10.5 Å². The van der Waals surface area contributed by atoms with Crippen molar-refractivity contribution in [2.24, 2.45) is 5.92 Å². The van der Waals surface area contributed by atoms with Crippen molar-refractivity contribution >= 4 is 28.9 Å². The molecular formula is C55H65N7O8S. The highest BCUT2D eigenvalue weighted by molar-refractivity contribution is 7.10. The summed E-state index contributed by atoms with van der Waals surface area (Å²) in [6.07, 6.45) is 6.66. The van der Waals surface area contributed by atoms with Crippen LogP contribution in [0.1, 0.15) is 107 Å². The number of hydrogen-bond donors (Lipinski definition) is 2. The summed E-state index contributed by atoms with van der Waals surface area (Å²) in [5.41, 5.74) is 6.78. The third-order valence-electron chi connectivity index (χ3n) is 13.4. The van der Waals surface area contributed by atoms with Gasteiger partial charge in [0.05, 0.1) is 68.9 Å². The van der Waals surface area contributed by atoms with Gasteiger partial charge in [-0.1, -0.05) is 55.7 Å². The third-order valence-corrected chi connectivity index (χ3v) is 14.3. The van der Waals surface area contributed by atoms with E-state index in [1.807, 2.05) is 55.1 Å². The Labute approximate surface area is 421 Å². The Hall–Kier alpha value is -6.40. The highest BCUT2D eigenvalue weighted by Gasteiger charge is 2.40. The Morgan fingerprint density at radius 2 is 1.45 bits per heavy atom. The van der Waals surface area contributed by atoms with Crippen LogP contribution < -0.4 is 20.1 Å². The van der Waals surface area contributed by atoms with E-state index in [0.717, 1.165) is 83.8 Å². The minimum Gasteiger partial charge on any atom is -0.491 e. The molecular weight excluding hydrogens is 919 g/mol. The summed E-state index contributed by atoms with van der Waals surface area (Å²) in [5, 5.41) is 27.7. The zero-order valence-electron chi connectivity index (χ0n) is 41.2. The van der Waals surface area contributed by atoms with E-state index in [-0.39, 0.29) is 29.6 Å². The number of nitrogens with zero attached hydrogens (tertiary/aromatic N) is 5. The lowest BCUT2D eigenvalue weighted by Crippen LogP contribution is -2.55. The number of ketones is 1. The second-order valence-electron chi connectivity index (χ2n) is 18.0. The van der Waals surface area contributed by atoms with Crippen LogP contribution in [0.2, 0.25) is 0 Å². The van der Waals surface area contributed by atoms with Crippen LogP contribution in [0.15, 0.2) is 78.2 Å².